The van der Waals surface area contributed by atoms with Crippen LogP contribution in [0.2, 0.25) is 0 Å². The van der Waals surface area contributed by atoms with Crippen LogP contribution in [0, 0.1) is 0 Å². The van der Waals surface area contributed by atoms with Gasteiger partial charge in [0, 0.05) is 5.56 Å². The molecular formula is C17H16O5. The zero-order chi connectivity index (χ0) is 16.1. The fourth-order valence-corrected chi connectivity index (χ4v) is 2.19. The number of benzene rings is 2. The third-order valence-electron chi connectivity index (χ3n) is 3.27. The Morgan fingerprint density at radius 3 is 2.27 bits per heavy atom. The van der Waals surface area contributed by atoms with Crippen molar-refractivity contribution in [2.75, 3.05) is 21.3 Å². The summed E-state index contributed by atoms with van der Waals surface area (Å²) in [6.07, 6.45) is 0.657. The molecule has 0 saturated carbocycles. The summed E-state index contributed by atoms with van der Waals surface area (Å²) < 4.78 is 15.6. The van der Waals surface area contributed by atoms with Gasteiger partial charge in [-0.15, -0.1) is 0 Å². The van der Waals surface area contributed by atoms with Gasteiger partial charge in [0.2, 0.25) is 0 Å². The van der Waals surface area contributed by atoms with Gasteiger partial charge in [-0.25, -0.2) is 0 Å². The predicted molar refractivity (Wildman–Crippen MR) is 81.4 cm³/mol. The molecule has 0 spiro atoms. The number of rotatable bonds is 6. The van der Waals surface area contributed by atoms with Crippen LogP contribution in [0.4, 0.5) is 0 Å². The lowest BCUT2D eigenvalue weighted by molar-refractivity contribution is 0.103. The summed E-state index contributed by atoms with van der Waals surface area (Å²) in [5, 5.41) is 0. The first kappa shape index (κ1) is 15.6. The van der Waals surface area contributed by atoms with E-state index in [4.69, 9.17) is 14.2 Å². The number of hydrogen-bond acceptors (Lipinski definition) is 5. The number of para-hydroxylation sites is 1. The number of carbonyl (C=O) groups is 2. The summed E-state index contributed by atoms with van der Waals surface area (Å²) in [4.78, 5) is 23.7. The minimum absolute atomic E-state index is 0.261. The van der Waals surface area contributed by atoms with Crippen LogP contribution in [0.25, 0.3) is 0 Å². The van der Waals surface area contributed by atoms with Crippen LogP contribution in [0.1, 0.15) is 26.3 Å². The van der Waals surface area contributed by atoms with Crippen molar-refractivity contribution < 1.29 is 23.8 Å². The highest BCUT2D eigenvalue weighted by Crippen LogP contribution is 2.30. The van der Waals surface area contributed by atoms with E-state index in [-0.39, 0.29) is 11.5 Å². The first-order valence-corrected chi connectivity index (χ1v) is 6.55. The molecule has 0 amide bonds. The summed E-state index contributed by atoms with van der Waals surface area (Å²) in [6.45, 7) is 0. The van der Waals surface area contributed by atoms with Gasteiger partial charge in [-0.1, -0.05) is 6.07 Å². The van der Waals surface area contributed by atoms with Crippen LogP contribution in [-0.4, -0.2) is 33.4 Å². The highest BCUT2D eigenvalue weighted by Gasteiger charge is 2.18. The Morgan fingerprint density at radius 2 is 1.68 bits per heavy atom. The minimum atomic E-state index is -0.262. The Kier molecular flexibility index (Phi) is 4.78. The smallest absolute Gasteiger partial charge is 0.196 e. The maximum Gasteiger partial charge on any atom is 0.196 e. The van der Waals surface area contributed by atoms with Crippen molar-refractivity contribution in [1.29, 1.82) is 0 Å². The Balaban J connectivity index is 2.51. The van der Waals surface area contributed by atoms with Crippen LogP contribution >= 0.6 is 0 Å². The highest BCUT2D eigenvalue weighted by molar-refractivity contribution is 6.12. The van der Waals surface area contributed by atoms with Gasteiger partial charge in [-0.05, 0) is 30.3 Å². The summed E-state index contributed by atoms with van der Waals surface area (Å²) in [6, 6.07) is 9.73. The van der Waals surface area contributed by atoms with E-state index in [1.165, 1.54) is 21.3 Å². The average Bonchev–Trinajstić information content (AvgIpc) is 2.59. The lowest BCUT2D eigenvalue weighted by Gasteiger charge is -2.12. The number of methoxy groups -OCH3 is 3. The number of aldehydes is 1. The van der Waals surface area contributed by atoms with Crippen LogP contribution in [0.15, 0.2) is 36.4 Å². The molecular weight excluding hydrogens is 284 g/mol. The number of ketones is 1. The summed E-state index contributed by atoms with van der Waals surface area (Å²) in [5.74, 6) is 0.991. The first-order valence-electron chi connectivity index (χ1n) is 6.55. The molecule has 114 valence electrons. The van der Waals surface area contributed by atoms with Crippen molar-refractivity contribution in [3.05, 3.63) is 53.1 Å². The van der Waals surface area contributed by atoms with Gasteiger partial charge in [0.15, 0.2) is 23.6 Å². The first-order chi connectivity index (χ1) is 10.7. The van der Waals surface area contributed by atoms with E-state index in [9.17, 15) is 9.59 Å². The molecule has 2 aromatic rings. The molecule has 0 radical (unpaired) electrons. The Hall–Kier alpha value is -2.82. The maximum atomic E-state index is 12.7. The van der Waals surface area contributed by atoms with Crippen LogP contribution in [-0.2, 0) is 0 Å². The molecule has 5 heteroatoms. The second-order valence-electron chi connectivity index (χ2n) is 4.44. The molecule has 5 nitrogen and oxygen atoms in total. The van der Waals surface area contributed by atoms with Gasteiger partial charge >= 0.3 is 0 Å². The molecule has 0 unspecified atom stereocenters. The number of ether oxygens (including phenoxy) is 3. The Morgan fingerprint density at radius 1 is 0.955 bits per heavy atom. The molecule has 2 rings (SSSR count). The van der Waals surface area contributed by atoms with Gasteiger partial charge in [-0.3, -0.25) is 9.59 Å². The molecule has 0 heterocycles. The Bertz CT molecular complexity index is 706. The third-order valence-corrected chi connectivity index (χ3v) is 3.27. The van der Waals surface area contributed by atoms with Crippen molar-refractivity contribution in [1.82, 2.24) is 0 Å². The molecule has 0 N–H and O–H groups in total. The molecule has 0 aliphatic rings. The lowest BCUT2D eigenvalue weighted by Crippen LogP contribution is -2.06. The molecule has 22 heavy (non-hydrogen) atoms. The number of hydrogen-bond donors (Lipinski definition) is 0. The van der Waals surface area contributed by atoms with E-state index in [1.54, 1.807) is 36.4 Å². The van der Waals surface area contributed by atoms with Gasteiger partial charge in [0.25, 0.3) is 0 Å². The van der Waals surface area contributed by atoms with Crippen molar-refractivity contribution in [3.63, 3.8) is 0 Å². The average molecular weight is 300 g/mol. The van der Waals surface area contributed by atoms with Gasteiger partial charge in [-0.2, -0.15) is 0 Å². The van der Waals surface area contributed by atoms with Crippen molar-refractivity contribution in [2.24, 2.45) is 0 Å². The standard InChI is InChI=1S/C17H16O5/c1-20-14-8-7-11(9-15(14)21-2)16(19)13-6-4-5-12(10-18)17(13)22-3/h4-10H,1-3H3. The predicted octanol–water partition coefficient (Wildman–Crippen LogP) is 2.76. The van der Waals surface area contributed by atoms with Crippen molar-refractivity contribution in [3.8, 4) is 17.2 Å². The van der Waals surface area contributed by atoms with Crippen LogP contribution in [0.5, 0.6) is 17.2 Å². The minimum Gasteiger partial charge on any atom is -0.495 e. The molecule has 0 saturated heterocycles. The zero-order valence-electron chi connectivity index (χ0n) is 12.6. The third kappa shape index (κ3) is 2.79. The van der Waals surface area contributed by atoms with Crippen LogP contribution < -0.4 is 14.2 Å². The van der Waals surface area contributed by atoms with E-state index < -0.39 is 0 Å². The Labute approximate surface area is 128 Å². The molecule has 0 aromatic heterocycles. The molecule has 0 bridgehead atoms. The highest BCUT2D eigenvalue weighted by atomic mass is 16.5. The SMILES string of the molecule is COc1ccc(C(=O)c2cccc(C=O)c2OC)cc1OC. The molecule has 0 atom stereocenters. The summed E-state index contributed by atoms with van der Waals surface area (Å²) >= 11 is 0. The van der Waals surface area contributed by atoms with E-state index in [2.05, 4.69) is 0 Å². The van der Waals surface area contributed by atoms with Crippen molar-refractivity contribution in [2.45, 2.75) is 0 Å². The molecule has 0 aliphatic carbocycles. The second kappa shape index (κ2) is 6.76. The van der Waals surface area contributed by atoms with Gasteiger partial charge in [0.1, 0.15) is 5.75 Å². The maximum absolute atomic E-state index is 12.7. The van der Waals surface area contributed by atoms with Crippen molar-refractivity contribution >= 4 is 12.1 Å². The fourth-order valence-electron chi connectivity index (χ4n) is 2.19. The fraction of sp³-hybridized carbons (Fsp3) is 0.176. The van der Waals surface area contributed by atoms with Crippen LogP contribution in [0.3, 0.4) is 0 Å². The van der Waals surface area contributed by atoms with E-state index in [0.717, 1.165) is 0 Å². The molecule has 0 fully saturated rings. The van der Waals surface area contributed by atoms with E-state index in [0.29, 0.717) is 34.5 Å². The summed E-state index contributed by atoms with van der Waals surface area (Å²) in [5.41, 5.74) is 1.06. The lowest BCUT2D eigenvalue weighted by atomic mass is 9.99. The summed E-state index contributed by atoms with van der Waals surface area (Å²) in [7, 11) is 4.45. The monoisotopic (exact) mass is 300 g/mol. The second-order valence-corrected chi connectivity index (χ2v) is 4.44. The normalized spacial score (nSPS) is 9.95. The van der Waals surface area contributed by atoms with E-state index in [1.807, 2.05) is 0 Å². The topological polar surface area (TPSA) is 61.8 Å². The van der Waals surface area contributed by atoms with Gasteiger partial charge in [0.05, 0.1) is 32.5 Å². The number of carbonyl (C=O) groups excluding carboxylic acids is 2. The molecule has 2 aromatic carbocycles. The van der Waals surface area contributed by atoms with E-state index >= 15 is 0 Å². The largest absolute Gasteiger partial charge is 0.495 e. The van der Waals surface area contributed by atoms with Gasteiger partial charge < -0.3 is 14.2 Å². The quantitative estimate of drug-likeness (QED) is 0.606. The molecule has 0 aliphatic heterocycles. The zero-order valence-corrected chi connectivity index (χ0v) is 12.6.